The molecule has 18 heavy (non-hydrogen) atoms. The minimum absolute atomic E-state index is 0.109. The Bertz CT molecular complexity index is 449. The van der Waals surface area contributed by atoms with Gasteiger partial charge in [0, 0.05) is 11.4 Å². The van der Waals surface area contributed by atoms with E-state index >= 15 is 0 Å². The van der Waals surface area contributed by atoms with Gasteiger partial charge in [-0.1, -0.05) is 35.8 Å². The molecule has 0 N–H and O–H groups in total. The normalized spacial score (nSPS) is 11.7. The van der Waals surface area contributed by atoms with E-state index in [2.05, 4.69) is 42.9 Å². The number of rotatable bonds is 5. The van der Waals surface area contributed by atoms with Crippen LogP contribution in [0.5, 0.6) is 5.75 Å². The maximum absolute atomic E-state index is 11.0. The molecule has 100 valence electrons. The van der Waals surface area contributed by atoms with Crippen LogP contribution in [0, 0.1) is 10.1 Å². The van der Waals surface area contributed by atoms with Gasteiger partial charge in [0.25, 0.3) is 5.69 Å². The van der Waals surface area contributed by atoms with Crippen LogP contribution < -0.4 is 4.43 Å². The molecule has 0 atom stereocenters. The molecular weight excluding hydrogens is 314 g/mol. The number of nitrogens with zero attached hydrogens (tertiary/aromatic N) is 1. The summed E-state index contributed by atoms with van der Waals surface area (Å²) in [6, 6.07) is 4.98. The van der Waals surface area contributed by atoms with Crippen molar-refractivity contribution < 1.29 is 9.35 Å². The summed E-state index contributed by atoms with van der Waals surface area (Å²) >= 11 is 3.30. The minimum Gasteiger partial charge on any atom is -0.543 e. The van der Waals surface area contributed by atoms with E-state index in [1.54, 1.807) is 12.1 Å². The molecule has 1 rings (SSSR count). The third-order valence-electron chi connectivity index (χ3n) is 3.20. The Morgan fingerprint density at radius 1 is 1.44 bits per heavy atom. The third kappa shape index (κ3) is 3.32. The van der Waals surface area contributed by atoms with E-state index in [-0.39, 0.29) is 10.6 Å². The summed E-state index contributed by atoms with van der Waals surface area (Å²) in [5.74, 6) is 0.631. The molecule has 0 aromatic heterocycles. The maximum atomic E-state index is 11.0. The molecule has 4 nitrogen and oxygen atoms in total. The van der Waals surface area contributed by atoms with Gasteiger partial charge in [-0.2, -0.15) is 0 Å². The number of nitro groups is 1. The van der Waals surface area contributed by atoms with Crippen molar-refractivity contribution >= 4 is 29.9 Å². The van der Waals surface area contributed by atoms with Crippen LogP contribution in [0.25, 0.3) is 0 Å². The zero-order chi connectivity index (χ0) is 13.9. The van der Waals surface area contributed by atoms with Crippen molar-refractivity contribution in [3.05, 3.63) is 33.9 Å². The van der Waals surface area contributed by atoms with Gasteiger partial charge in [-0.15, -0.1) is 0 Å². The Hall–Kier alpha value is -0.883. The van der Waals surface area contributed by atoms with E-state index < -0.39 is 8.32 Å². The fourth-order valence-corrected chi connectivity index (χ4v) is 2.91. The first-order chi connectivity index (χ1) is 8.29. The number of hydrogen-bond donors (Lipinski definition) is 0. The molecular formula is C12H18BrNO3Si. The first-order valence-electron chi connectivity index (χ1n) is 5.81. The fourth-order valence-electron chi connectivity index (χ4n) is 1.36. The number of nitro benzene ring substituents is 1. The molecule has 0 aliphatic rings. The zero-order valence-corrected chi connectivity index (χ0v) is 13.7. The van der Waals surface area contributed by atoms with Crippen molar-refractivity contribution in [2.24, 2.45) is 0 Å². The van der Waals surface area contributed by atoms with Crippen LogP contribution in [-0.2, 0) is 5.33 Å². The quantitative estimate of drug-likeness (QED) is 0.346. The van der Waals surface area contributed by atoms with Crippen LogP contribution in [0.2, 0.25) is 18.6 Å². The van der Waals surface area contributed by atoms with Crippen LogP contribution >= 0.6 is 15.9 Å². The largest absolute Gasteiger partial charge is 0.543 e. The number of halogens is 1. The number of hydrogen-bond acceptors (Lipinski definition) is 3. The van der Waals surface area contributed by atoms with Gasteiger partial charge in [-0.05, 0) is 24.7 Å². The molecule has 0 radical (unpaired) electrons. The molecule has 0 bridgehead atoms. The molecule has 0 saturated carbocycles. The summed E-state index contributed by atoms with van der Waals surface area (Å²) in [6.45, 7) is 8.48. The average molecular weight is 332 g/mol. The lowest BCUT2D eigenvalue weighted by Crippen LogP contribution is -2.37. The van der Waals surface area contributed by atoms with Crippen molar-refractivity contribution in [3.8, 4) is 5.75 Å². The van der Waals surface area contributed by atoms with Crippen LogP contribution in [0.1, 0.15) is 19.4 Å². The van der Waals surface area contributed by atoms with E-state index in [1.807, 2.05) is 0 Å². The summed E-state index contributed by atoms with van der Waals surface area (Å²) in [5, 5.41) is 11.4. The Kier molecular flexibility index (Phi) is 4.92. The Balaban J connectivity index is 3.18. The molecule has 0 aliphatic carbocycles. The lowest BCUT2D eigenvalue weighted by Gasteiger charge is -2.28. The molecule has 0 unspecified atom stereocenters. The Morgan fingerprint density at radius 2 is 2.06 bits per heavy atom. The molecule has 0 saturated heterocycles. The highest BCUT2D eigenvalue weighted by Crippen LogP contribution is 2.34. The van der Waals surface area contributed by atoms with Crippen LogP contribution in [0.3, 0.4) is 0 Å². The molecule has 0 spiro atoms. The molecule has 1 aromatic carbocycles. The van der Waals surface area contributed by atoms with Crippen LogP contribution in [0.4, 0.5) is 5.69 Å². The van der Waals surface area contributed by atoms with Crippen molar-refractivity contribution in [2.75, 3.05) is 0 Å². The van der Waals surface area contributed by atoms with Crippen molar-refractivity contribution in [1.82, 2.24) is 0 Å². The first kappa shape index (κ1) is 15.2. The lowest BCUT2D eigenvalue weighted by molar-refractivity contribution is -0.385. The smallest absolute Gasteiger partial charge is 0.277 e. The molecule has 1 aromatic rings. The topological polar surface area (TPSA) is 52.4 Å². The van der Waals surface area contributed by atoms with Gasteiger partial charge in [0.15, 0.2) is 0 Å². The van der Waals surface area contributed by atoms with Gasteiger partial charge in [0.1, 0.15) is 5.75 Å². The molecule has 6 heteroatoms. The first-order valence-corrected chi connectivity index (χ1v) is 9.91. The monoisotopic (exact) mass is 331 g/mol. The van der Waals surface area contributed by atoms with Gasteiger partial charge in [0.05, 0.1) is 10.5 Å². The fraction of sp³-hybridized carbons (Fsp3) is 0.500. The number of benzene rings is 1. The second kappa shape index (κ2) is 5.84. The molecule has 0 amide bonds. The van der Waals surface area contributed by atoms with E-state index in [0.29, 0.717) is 22.2 Å². The van der Waals surface area contributed by atoms with Crippen LogP contribution in [-0.4, -0.2) is 13.2 Å². The lowest BCUT2D eigenvalue weighted by atomic mass is 10.2. The second-order valence-corrected chi connectivity index (χ2v) is 10.1. The predicted octanol–water partition coefficient (Wildman–Crippen LogP) is 4.48. The standard InChI is InChI=1S/C12H18BrNO3Si/c1-9(2)18(3,4)17-12-7-5-6-11(14(15)16)10(12)8-13/h5-7,9H,8H2,1-4H3. The van der Waals surface area contributed by atoms with E-state index in [9.17, 15) is 10.1 Å². The number of alkyl halides is 1. The SMILES string of the molecule is CC(C)[Si](C)(C)Oc1cccc([N+](=O)[O-])c1CBr. The third-order valence-corrected chi connectivity index (χ3v) is 7.29. The van der Waals surface area contributed by atoms with Gasteiger partial charge >= 0.3 is 0 Å². The molecule has 0 fully saturated rings. The van der Waals surface area contributed by atoms with Crippen molar-refractivity contribution in [2.45, 2.75) is 37.8 Å². The van der Waals surface area contributed by atoms with Crippen molar-refractivity contribution in [3.63, 3.8) is 0 Å². The molecule has 0 heterocycles. The average Bonchev–Trinajstić information content (AvgIpc) is 2.27. The van der Waals surface area contributed by atoms with Gasteiger partial charge < -0.3 is 4.43 Å². The van der Waals surface area contributed by atoms with Crippen molar-refractivity contribution in [1.29, 1.82) is 0 Å². The summed E-state index contributed by atoms with van der Waals surface area (Å²) < 4.78 is 6.08. The van der Waals surface area contributed by atoms with Gasteiger partial charge in [-0.3, -0.25) is 10.1 Å². The summed E-state index contributed by atoms with van der Waals surface area (Å²) in [6.07, 6.45) is 0. The predicted molar refractivity (Wildman–Crippen MR) is 78.9 cm³/mol. The van der Waals surface area contributed by atoms with E-state index in [0.717, 1.165) is 0 Å². The minimum atomic E-state index is -1.87. The highest BCUT2D eigenvalue weighted by molar-refractivity contribution is 9.08. The highest BCUT2D eigenvalue weighted by Gasteiger charge is 2.30. The zero-order valence-electron chi connectivity index (χ0n) is 11.1. The van der Waals surface area contributed by atoms with E-state index in [1.165, 1.54) is 6.07 Å². The summed E-state index contributed by atoms with van der Waals surface area (Å²) in [4.78, 5) is 10.6. The summed E-state index contributed by atoms with van der Waals surface area (Å²) in [7, 11) is -1.87. The van der Waals surface area contributed by atoms with Gasteiger partial charge in [0.2, 0.25) is 8.32 Å². The highest BCUT2D eigenvalue weighted by atomic mass is 79.9. The van der Waals surface area contributed by atoms with E-state index in [4.69, 9.17) is 4.43 Å². The Morgan fingerprint density at radius 3 is 2.50 bits per heavy atom. The maximum Gasteiger partial charge on any atom is 0.277 e. The second-order valence-electron chi connectivity index (χ2n) is 5.00. The summed E-state index contributed by atoms with van der Waals surface area (Å²) in [5.41, 5.74) is 1.17. The van der Waals surface area contributed by atoms with Crippen LogP contribution in [0.15, 0.2) is 18.2 Å². The molecule has 0 aliphatic heterocycles. The Labute approximate surface area is 117 Å². The van der Waals surface area contributed by atoms with Gasteiger partial charge in [-0.25, -0.2) is 0 Å².